The van der Waals surface area contributed by atoms with Crippen molar-refractivity contribution < 1.29 is 10.4 Å². The van der Waals surface area contributed by atoms with Gasteiger partial charge in [-0.15, -0.1) is 0 Å². The van der Waals surface area contributed by atoms with Crippen LogP contribution < -0.4 is 4.57 Å². The topological polar surface area (TPSA) is 17.0 Å². The molecule has 0 aliphatic heterocycles. The number of rotatable bonds is 2. The molecule has 0 unspecified atom stereocenters. The Morgan fingerprint density at radius 1 is 0.929 bits per heavy atom. The standard InChI is InChI=1S/C26H24NO/c1-16(2)18-11-12-27(4)24(14-18)21-9-10-22-23-13-19-7-5-6-8-20(19)15-25(23)28-26(22)17(21)3/h5-16H,1-4H3/q+1/i16D. The van der Waals surface area contributed by atoms with Crippen molar-refractivity contribution in [1.82, 2.24) is 0 Å². The Kier molecular flexibility index (Phi) is 3.52. The molecule has 28 heavy (non-hydrogen) atoms. The fourth-order valence-electron chi connectivity index (χ4n) is 4.09. The number of fused-ring (bicyclic) bond motifs is 4. The number of hydrogen-bond donors (Lipinski definition) is 0. The van der Waals surface area contributed by atoms with E-state index in [1.807, 2.05) is 33.2 Å². The average molecular weight is 367 g/mol. The zero-order valence-corrected chi connectivity index (χ0v) is 16.7. The number of furan rings is 1. The minimum Gasteiger partial charge on any atom is -0.456 e. The van der Waals surface area contributed by atoms with Crippen molar-refractivity contribution in [1.29, 1.82) is 0 Å². The highest BCUT2D eigenvalue weighted by Gasteiger charge is 2.19. The molecule has 0 saturated carbocycles. The van der Waals surface area contributed by atoms with Gasteiger partial charge in [0.05, 0.1) is 5.56 Å². The second-order valence-corrected chi connectivity index (χ2v) is 7.82. The van der Waals surface area contributed by atoms with Crippen LogP contribution in [0.1, 0.15) is 32.2 Å². The van der Waals surface area contributed by atoms with Gasteiger partial charge in [0.1, 0.15) is 18.2 Å². The fourth-order valence-corrected chi connectivity index (χ4v) is 4.09. The van der Waals surface area contributed by atoms with Gasteiger partial charge in [0.15, 0.2) is 6.20 Å². The molecule has 2 nitrogen and oxygen atoms in total. The van der Waals surface area contributed by atoms with E-state index >= 15 is 0 Å². The van der Waals surface area contributed by atoms with Crippen LogP contribution >= 0.6 is 0 Å². The fraction of sp³-hybridized carbons (Fsp3) is 0.192. The van der Waals surface area contributed by atoms with Crippen LogP contribution in [0.25, 0.3) is 44.0 Å². The van der Waals surface area contributed by atoms with Crippen LogP contribution in [0.5, 0.6) is 0 Å². The first kappa shape index (κ1) is 15.9. The monoisotopic (exact) mass is 367 g/mol. The molecule has 0 N–H and O–H groups in total. The molecular weight excluding hydrogens is 342 g/mol. The van der Waals surface area contributed by atoms with Gasteiger partial charge in [-0.05, 0) is 53.4 Å². The molecule has 0 fully saturated rings. The van der Waals surface area contributed by atoms with Crippen molar-refractivity contribution in [3.63, 3.8) is 0 Å². The van der Waals surface area contributed by atoms with Crippen LogP contribution in [0.15, 0.2) is 71.3 Å². The van der Waals surface area contributed by atoms with Crippen molar-refractivity contribution in [3.05, 3.63) is 78.0 Å². The molecule has 0 amide bonds. The minimum atomic E-state index is -0.638. The van der Waals surface area contributed by atoms with Gasteiger partial charge < -0.3 is 4.42 Å². The molecule has 5 rings (SSSR count). The number of pyridine rings is 1. The second-order valence-electron chi connectivity index (χ2n) is 7.82. The van der Waals surface area contributed by atoms with E-state index in [4.69, 9.17) is 5.79 Å². The summed E-state index contributed by atoms with van der Waals surface area (Å²) in [7, 11) is 2.05. The quantitative estimate of drug-likeness (QED) is 0.319. The Morgan fingerprint density at radius 3 is 2.43 bits per heavy atom. The van der Waals surface area contributed by atoms with Crippen molar-refractivity contribution in [2.75, 3.05) is 0 Å². The Labute approximate surface area is 166 Å². The van der Waals surface area contributed by atoms with Crippen LogP contribution in [-0.4, -0.2) is 0 Å². The van der Waals surface area contributed by atoms with E-state index in [-0.39, 0.29) is 0 Å². The maximum Gasteiger partial charge on any atom is 0.212 e. The van der Waals surface area contributed by atoms with Crippen LogP contribution in [0.2, 0.25) is 0 Å². The lowest BCUT2D eigenvalue weighted by Gasteiger charge is -2.09. The number of nitrogens with zero attached hydrogens (tertiary/aromatic N) is 1. The Bertz CT molecular complexity index is 1410. The van der Waals surface area contributed by atoms with E-state index in [1.54, 1.807) is 0 Å². The van der Waals surface area contributed by atoms with Crippen molar-refractivity contribution in [3.8, 4) is 11.3 Å². The summed E-state index contributed by atoms with van der Waals surface area (Å²) in [5.41, 5.74) is 6.20. The van der Waals surface area contributed by atoms with Crippen LogP contribution in [0, 0.1) is 6.92 Å². The first-order valence-corrected chi connectivity index (χ1v) is 9.68. The van der Waals surface area contributed by atoms with Gasteiger partial charge in [0, 0.05) is 29.8 Å². The third-order valence-electron chi connectivity index (χ3n) is 5.76. The average Bonchev–Trinajstić information content (AvgIpc) is 3.05. The van der Waals surface area contributed by atoms with Crippen molar-refractivity contribution in [2.24, 2.45) is 7.05 Å². The lowest BCUT2D eigenvalue weighted by molar-refractivity contribution is -0.660. The molecule has 0 saturated heterocycles. The predicted molar refractivity (Wildman–Crippen MR) is 117 cm³/mol. The van der Waals surface area contributed by atoms with Gasteiger partial charge in [-0.2, -0.15) is 0 Å². The van der Waals surface area contributed by atoms with Gasteiger partial charge in [-0.3, -0.25) is 0 Å². The highest BCUT2D eigenvalue weighted by atomic mass is 16.3. The van der Waals surface area contributed by atoms with E-state index in [2.05, 4.69) is 66.1 Å². The normalized spacial score (nSPS) is 12.8. The number of aromatic nitrogens is 1. The second kappa shape index (κ2) is 6.20. The Morgan fingerprint density at radius 2 is 1.68 bits per heavy atom. The van der Waals surface area contributed by atoms with Gasteiger partial charge >= 0.3 is 0 Å². The van der Waals surface area contributed by atoms with Gasteiger partial charge in [-0.25, -0.2) is 4.57 Å². The SMILES string of the molecule is [2H]C(C)(C)c1cc[n+](C)c(-c2ccc3c(oc4cc5ccccc5cc43)c2C)c1. The highest BCUT2D eigenvalue weighted by Crippen LogP contribution is 2.37. The zero-order chi connectivity index (χ0) is 20.3. The molecule has 0 radical (unpaired) electrons. The van der Waals surface area contributed by atoms with E-state index < -0.39 is 5.89 Å². The molecule has 2 aromatic heterocycles. The highest BCUT2D eigenvalue weighted by molar-refractivity contribution is 6.11. The maximum atomic E-state index is 8.40. The van der Waals surface area contributed by atoms with Crippen LogP contribution in [-0.2, 0) is 7.05 Å². The molecule has 0 spiro atoms. The summed E-state index contributed by atoms with van der Waals surface area (Å²) in [5, 5.41) is 4.71. The zero-order valence-electron chi connectivity index (χ0n) is 17.7. The van der Waals surface area contributed by atoms with Crippen LogP contribution in [0.4, 0.5) is 0 Å². The van der Waals surface area contributed by atoms with Gasteiger partial charge in [0.2, 0.25) is 5.69 Å². The summed E-state index contributed by atoms with van der Waals surface area (Å²) in [4.78, 5) is 0. The third-order valence-corrected chi connectivity index (χ3v) is 5.76. The van der Waals surface area contributed by atoms with E-state index in [1.165, 1.54) is 10.8 Å². The lowest BCUT2D eigenvalue weighted by atomic mass is 9.97. The molecule has 0 atom stereocenters. The first-order valence-electron chi connectivity index (χ1n) is 10.2. The number of benzene rings is 3. The smallest absolute Gasteiger partial charge is 0.212 e. The number of hydrogen-bond acceptors (Lipinski definition) is 1. The van der Waals surface area contributed by atoms with E-state index in [0.29, 0.717) is 0 Å². The van der Waals surface area contributed by atoms with Gasteiger partial charge in [-0.1, -0.05) is 38.1 Å². The summed E-state index contributed by atoms with van der Waals surface area (Å²) >= 11 is 0. The molecule has 138 valence electrons. The predicted octanol–water partition coefficient (Wildman–Crippen LogP) is 6.66. The Balaban J connectivity index is 1.78. The lowest BCUT2D eigenvalue weighted by Crippen LogP contribution is -2.30. The molecule has 2 heterocycles. The van der Waals surface area contributed by atoms with Crippen molar-refractivity contribution >= 4 is 32.7 Å². The molecule has 5 aromatic rings. The minimum absolute atomic E-state index is 0.638. The summed E-state index contributed by atoms with van der Waals surface area (Å²) < 4.78 is 16.9. The molecule has 3 aromatic carbocycles. The first-order chi connectivity index (χ1) is 13.8. The summed E-state index contributed by atoms with van der Waals surface area (Å²) in [6.45, 7) is 5.97. The van der Waals surface area contributed by atoms with Gasteiger partial charge in [0.25, 0.3) is 0 Å². The third kappa shape index (κ3) is 2.52. The Hall–Kier alpha value is -3.13. The number of aryl methyl sites for hydroxylation is 2. The molecule has 0 aliphatic rings. The molecule has 0 aliphatic carbocycles. The summed E-state index contributed by atoms with van der Waals surface area (Å²) in [6.07, 6.45) is 2.04. The van der Waals surface area contributed by atoms with E-state index in [9.17, 15) is 0 Å². The van der Waals surface area contributed by atoms with E-state index in [0.717, 1.165) is 44.3 Å². The largest absolute Gasteiger partial charge is 0.456 e. The van der Waals surface area contributed by atoms with Crippen LogP contribution in [0.3, 0.4) is 0 Å². The molecule has 0 bridgehead atoms. The summed E-state index contributed by atoms with van der Waals surface area (Å²) in [5.74, 6) is -0.638. The maximum absolute atomic E-state index is 8.40. The molecular formula is C26H24NO+. The molecule has 2 heteroatoms. The summed E-state index contributed by atoms with van der Waals surface area (Å²) in [6, 6.07) is 21.2. The van der Waals surface area contributed by atoms with Crippen molar-refractivity contribution in [2.45, 2.75) is 26.7 Å².